The van der Waals surface area contributed by atoms with E-state index in [-0.39, 0.29) is 0 Å². The van der Waals surface area contributed by atoms with Crippen molar-refractivity contribution in [2.75, 3.05) is 45.9 Å². The summed E-state index contributed by atoms with van der Waals surface area (Å²) in [4.78, 5) is 2.41. The van der Waals surface area contributed by atoms with Crippen LogP contribution in [0.4, 0.5) is 0 Å². The van der Waals surface area contributed by atoms with Gasteiger partial charge in [-0.15, -0.1) is 0 Å². The average molecular weight is 228 g/mol. The molecule has 96 valence electrons. The molecule has 3 heteroatoms. The summed E-state index contributed by atoms with van der Waals surface area (Å²) in [5.74, 6) is 0.898. The predicted octanol–water partition coefficient (Wildman–Crippen LogP) is 1.73. The minimum absolute atomic E-state index is 0.895. The van der Waals surface area contributed by atoms with Gasteiger partial charge in [0.1, 0.15) is 0 Å². The monoisotopic (exact) mass is 228 g/mol. The van der Waals surface area contributed by atoms with E-state index >= 15 is 0 Å². The molecule has 0 aromatic heterocycles. The number of piperidine rings is 1. The van der Waals surface area contributed by atoms with Gasteiger partial charge >= 0.3 is 0 Å². The first-order valence-electron chi connectivity index (χ1n) is 6.87. The third-order valence-electron chi connectivity index (χ3n) is 3.58. The van der Waals surface area contributed by atoms with Crippen LogP contribution in [0, 0.1) is 5.92 Å². The van der Waals surface area contributed by atoms with Crippen molar-refractivity contribution in [3.8, 4) is 0 Å². The quantitative estimate of drug-likeness (QED) is 0.640. The SMILES string of the molecule is CCN(CC)CCOCCC1CCNCC1. The normalized spacial score (nSPS) is 18.2. The third kappa shape index (κ3) is 5.83. The zero-order valence-corrected chi connectivity index (χ0v) is 11.0. The van der Waals surface area contributed by atoms with Crippen molar-refractivity contribution in [1.82, 2.24) is 10.2 Å². The highest BCUT2D eigenvalue weighted by Crippen LogP contribution is 2.15. The van der Waals surface area contributed by atoms with Gasteiger partial charge in [-0.05, 0) is 51.4 Å². The second-order valence-corrected chi connectivity index (χ2v) is 4.62. The van der Waals surface area contributed by atoms with Gasteiger partial charge in [0.15, 0.2) is 0 Å². The molecule has 1 rings (SSSR count). The standard InChI is InChI=1S/C13H28N2O/c1-3-15(4-2)10-12-16-11-7-13-5-8-14-9-6-13/h13-14H,3-12H2,1-2H3. The molecule has 16 heavy (non-hydrogen) atoms. The van der Waals surface area contributed by atoms with Gasteiger partial charge in [0, 0.05) is 13.2 Å². The van der Waals surface area contributed by atoms with Gasteiger partial charge in [-0.25, -0.2) is 0 Å². The van der Waals surface area contributed by atoms with Crippen molar-refractivity contribution in [2.45, 2.75) is 33.1 Å². The Bertz CT molecular complexity index is 154. The zero-order valence-electron chi connectivity index (χ0n) is 11.0. The van der Waals surface area contributed by atoms with Gasteiger partial charge in [-0.3, -0.25) is 0 Å². The molecular formula is C13H28N2O. The summed E-state index contributed by atoms with van der Waals surface area (Å²) in [6, 6.07) is 0. The number of nitrogens with one attached hydrogen (secondary N) is 1. The molecule has 0 unspecified atom stereocenters. The highest BCUT2D eigenvalue weighted by molar-refractivity contribution is 4.68. The van der Waals surface area contributed by atoms with Crippen molar-refractivity contribution in [2.24, 2.45) is 5.92 Å². The van der Waals surface area contributed by atoms with Gasteiger partial charge in [0.2, 0.25) is 0 Å². The maximum absolute atomic E-state index is 5.71. The van der Waals surface area contributed by atoms with Gasteiger partial charge in [-0.1, -0.05) is 13.8 Å². The predicted molar refractivity (Wildman–Crippen MR) is 68.8 cm³/mol. The average Bonchev–Trinajstić information content (AvgIpc) is 2.35. The molecular weight excluding hydrogens is 200 g/mol. The van der Waals surface area contributed by atoms with E-state index in [1.807, 2.05) is 0 Å². The number of ether oxygens (including phenoxy) is 1. The van der Waals surface area contributed by atoms with E-state index in [9.17, 15) is 0 Å². The van der Waals surface area contributed by atoms with Crippen LogP contribution in [0.3, 0.4) is 0 Å². The summed E-state index contributed by atoms with van der Waals surface area (Å²) in [6.45, 7) is 12.0. The summed E-state index contributed by atoms with van der Waals surface area (Å²) >= 11 is 0. The molecule has 1 saturated heterocycles. The first kappa shape index (κ1) is 13.9. The van der Waals surface area contributed by atoms with Crippen LogP contribution in [0.15, 0.2) is 0 Å². The van der Waals surface area contributed by atoms with E-state index in [0.717, 1.165) is 38.8 Å². The molecule has 3 nitrogen and oxygen atoms in total. The highest BCUT2D eigenvalue weighted by atomic mass is 16.5. The molecule has 1 heterocycles. The lowest BCUT2D eigenvalue weighted by Crippen LogP contribution is -2.29. The van der Waals surface area contributed by atoms with Gasteiger partial charge < -0.3 is 15.0 Å². The molecule has 0 aromatic carbocycles. The van der Waals surface area contributed by atoms with Gasteiger partial charge in [0.25, 0.3) is 0 Å². The van der Waals surface area contributed by atoms with Crippen molar-refractivity contribution in [3.05, 3.63) is 0 Å². The smallest absolute Gasteiger partial charge is 0.0593 e. The van der Waals surface area contributed by atoms with E-state index in [2.05, 4.69) is 24.1 Å². The summed E-state index contributed by atoms with van der Waals surface area (Å²) in [6.07, 6.45) is 3.92. The van der Waals surface area contributed by atoms with Crippen LogP contribution in [-0.4, -0.2) is 50.8 Å². The molecule has 0 bridgehead atoms. The van der Waals surface area contributed by atoms with Crippen LogP contribution < -0.4 is 5.32 Å². The molecule has 0 aliphatic carbocycles. The molecule has 1 aliphatic rings. The molecule has 0 radical (unpaired) electrons. The molecule has 0 atom stereocenters. The Morgan fingerprint density at radius 3 is 2.44 bits per heavy atom. The van der Waals surface area contributed by atoms with Gasteiger partial charge in [0.05, 0.1) is 6.61 Å². The zero-order chi connectivity index (χ0) is 11.6. The van der Waals surface area contributed by atoms with Crippen LogP contribution in [0.1, 0.15) is 33.1 Å². The number of rotatable bonds is 8. The van der Waals surface area contributed by atoms with E-state index in [1.54, 1.807) is 0 Å². The molecule has 1 aliphatic heterocycles. The Morgan fingerprint density at radius 2 is 1.81 bits per heavy atom. The second kappa shape index (κ2) is 8.97. The lowest BCUT2D eigenvalue weighted by molar-refractivity contribution is 0.0930. The molecule has 0 aromatic rings. The van der Waals surface area contributed by atoms with Crippen molar-refractivity contribution < 1.29 is 4.74 Å². The lowest BCUT2D eigenvalue weighted by atomic mass is 9.95. The molecule has 0 saturated carbocycles. The Kier molecular flexibility index (Phi) is 7.81. The largest absolute Gasteiger partial charge is 0.380 e. The highest BCUT2D eigenvalue weighted by Gasteiger charge is 2.12. The molecule has 1 fully saturated rings. The molecule has 0 amide bonds. The molecule has 0 spiro atoms. The van der Waals surface area contributed by atoms with Crippen LogP contribution >= 0.6 is 0 Å². The first-order chi connectivity index (χ1) is 7.86. The lowest BCUT2D eigenvalue weighted by Gasteiger charge is -2.22. The van der Waals surface area contributed by atoms with Crippen LogP contribution in [-0.2, 0) is 4.74 Å². The maximum atomic E-state index is 5.71. The van der Waals surface area contributed by atoms with Crippen molar-refractivity contribution in [1.29, 1.82) is 0 Å². The van der Waals surface area contributed by atoms with E-state index in [1.165, 1.54) is 32.4 Å². The number of nitrogens with zero attached hydrogens (tertiary/aromatic N) is 1. The van der Waals surface area contributed by atoms with Crippen molar-refractivity contribution in [3.63, 3.8) is 0 Å². The Balaban J connectivity index is 1.90. The van der Waals surface area contributed by atoms with Crippen molar-refractivity contribution >= 4 is 0 Å². The van der Waals surface area contributed by atoms with E-state index < -0.39 is 0 Å². The fourth-order valence-electron chi connectivity index (χ4n) is 2.26. The van der Waals surface area contributed by atoms with Crippen LogP contribution in [0.5, 0.6) is 0 Å². The summed E-state index contributed by atoms with van der Waals surface area (Å²) < 4.78 is 5.71. The summed E-state index contributed by atoms with van der Waals surface area (Å²) in [7, 11) is 0. The fourth-order valence-corrected chi connectivity index (χ4v) is 2.26. The minimum Gasteiger partial charge on any atom is -0.380 e. The minimum atomic E-state index is 0.895. The first-order valence-corrected chi connectivity index (χ1v) is 6.87. The number of hydrogen-bond donors (Lipinski definition) is 1. The van der Waals surface area contributed by atoms with E-state index in [4.69, 9.17) is 4.74 Å². The van der Waals surface area contributed by atoms with Gasteiger partial charge in [-0.2, -0.15) is 0 Å². The molecule has 1 N–H and O–H groups in total. The Labute approximate surface area is 101 Å². The maximum Gasteiger partial charge on any atom is 0.0593 e. The Morgan fingerprint density at radius 1 is 1.12 bits per heavy atom. The third-order valence-corrected chi connectivity index (χ3v) is 3.58. The van der Waals surface area contributed by atoms with E-state index in [0.29, 0.717) is 0 Å². The van der Waals surface area contributed by atoms with Crippen LogP contribution in [0.25, 0.3) is 0 Å². The second-order valence-electron chi connectivity index (χ2n) is 4.62. The van der Waals surface area contributed by atoms with Crippen LogP contribution in [0.2, 0.25) is 0 Å². The fraction of sp³-hybridized carbons (Fsp3) is 1.00. The topological polar surface area (TPSA) is 24.5 Å². The summed E-state index contributed by atoms with van der Waals surface area (Å²) in [5.41, 5.74) is 0. The summed E-state index contributed by atoms with van der Waals surface area (Å²) in [5, 5.41) is 3.40. The number of likely N-dealkylation sites (N-methyl/N-ethyl adjacent to an activating group) is 1. The Hall–Kier alpha value is -0.120. The number of hydrogen-bond acceptors (Lipinski definition) is 3.